The Morgan fingerprint density at radius 2 is 2.37 bits per heavy atom. The van der Waals surface area contributed by atoms with E-state index in [2.05, 4.69) is 28.2 Å². The maximum atomic E-state index is 13.2. The predicted molar refractivity (Wildman–Crippen MR) is 75.7 cm³/mol. The van der Waals surface area contributed by atoms with Crippen molar-refractivity contribution < 1.29 is 13.9 Å². The highest BCUT2D eigenvalue weighted by Gasteiger charge is 2.34. The molecular formula is C14H19BrFNO2. The molecule has 1 aliphatic rings. The summed E-state index contributed by atoms with van der Waals surface area (Å²) < 4.78 is 24.7. The van der Waals surface area contributed by atoms with Gasteiger partial charge >= 0.3 is 0 Å². The zero-order valence-electron chi connectivity index (χ0n) is 11.2. The third-order valence-electron chi connectivity index (χ3n) is 3.67. The summed E-state index contributed by atoms with van der Waals surface area (Å²) in [6.07, 6.45) is 0.899. The van der Waals surface area contributed by atoms with Gasteiger partial charge in [0.2, 0.25) is 0 Å². The van der Waals surface area contributed by atoms with Gasteiger partial charge in [0.05, 0.1) is 11.1 Å². The summed E-state index contributed by atoms with van der Waals surface area (Å²) in [5.41, 5.74) is 0.810. The molecule has 0 amide bonds. The number of hydrogen-bond donors (Lipinski definition) is 1. The lowest BCUT2D eigenvalue weighted by atomic mass is 10.0. The number of nitrogens with one attached hydrogen (secondary N) is 1. The molecule has 0 radical (unpaired) electrons. The first-order valence-corrected chi connectivity index (χ1v) is 7.17. The lowest BCUT2D eigenvalue weighted by Gasteiger charge is -2.28. The van der Waals surface area contributed by atoms with Gasteiger partial charge in [-0.3, -0.25) is 0 Å². The molecule has 1 saturated heterocycles. The Morgan fingerprint density at radius 1 is 1.58 bits per heavy atom. The molecule has 5 heteroatoms. The van der Waals surface area contributed by atoms with Crippen molar-refractivity contribution in [1.82, 2.24) is 5.32 Å². The van der Waals surface area contributed by atoms with Crippen LogP contribution in [0.25, 0.3) is 0 Å². The minimum Gasteiger partial charge on any atom is -0.378 e. The summed E-state index contributed by atoms with van der Waals surface area (Å²) in [6, 6.07) is 5.20. The average molecular weight is 332 g/mol. The number of methoxy groups -OCH3 is 1. The lowest BCUT2D eigenvalue weighted by Crippen LogP contribution is -2.43. The van der Waals surface area contributed by atoms with Gasteiger partial charge in [-0.15, -0.1) is 0 Å². The first kappa shape index (κ1) is 14.9. The Morgan fingerprint density at radius 3 is 2.95 bits per heavy atom. The minimum atomic E-state index is -0.242. The lowest BCUT2D eigenvalue weighted by molar-refractivity contribution is -0.0172. The summed E-state index contributed by atoms with van der Waals surface area (Å²) >= 11 is 3.21. The fourth-order valence-electron chi connectivity index (χ4n) is 2.20. The molecule has 1 N–H and O–H groups in total. The van der Waals surface area contributed by atoms with Gasteiger partial charge in [0.1, 0.15) is 11.4 Å². The molecule has 3 nitrogen and oxygen atoms in total. The van der Waals surface area contributed by atoms with Crippen LogP contribution in [0.5, 0.6) is 0 Å². The highest BCUT2D eigenvalue weighted by Crippen LogP contribution is 2.24. The van der Waals surface area contributed by atoms with Crippen LogP contribution in [0.3, 0.4) is 0 Å². The Hall–Kier alpha value is -0.490. The van der Waals surface area contributed by atoms with E-state index in [9.17, 15) is 4.39 Å². The van der Waals surface area contributed by atoms with Crippen molar-refractivity contribution in [3.8, 4) is 0 Å². The summed E-state index contributed by atoms with van der Waals surface area (Å²) in [5, 5.41) is 3.43. The largest absolute Gasteiger partial charge is 0.378 e. The molecular weight excluding hydrogens is 313 g/mol. The van der Waals surface area contributed by atoms with Gasteiger partial charge in [0.25, 0.3) is 0 Å². The van der Waals surface area contributed by atoms with Crippen LogP contribution in [-0.2, 0) is 9.47 Å². The second-order valence-electron chi connectivity index (χ2n) is 4.97. The van der Waals surface area contributed by atoms with Crippen LogP contribution in [0.15, 0.2) is 22.7 Å². The van der Waals surface area contributed by atoms with E-state index in [4.69, 9.17) is 9.47 Å². The molecule has 0 spiro atoms. The number of benzene rings is 1. The van der Waals surface area contributed by atoms with E-state index >= 15 is 0 Å². The zero-order valence-corrected chi connectivity index (χ0v) is 12.8. The molecule has 0 bridgehead atoms. The molecule has 1 heterocycles. The van der Waals surface area contributed by atoms with E-state index in [0.717, 1.165) is 25.1 Å². The molecule has 2 rings (SSSR count). The Bertz CT molecular complexity index is 435. The second-order valence-corrected chi connectivity index (χ2v) is 5.82. The smallest absolute Gasteiger partial charge is 0.137 e. The highest BCUT2D eigenvalue weighted by atomic mass is 79.9. The first-order chi connectivity index (χ1) is 9.06. The number of ether oxygens (including phenoxy) is 2. The van der Waals surface area contributed by atoms with Crippen molar-refractivity contribution in [3.05, 3.63) is 34.1 Å². The number of halogens is 2. The third-order valence-corrected chi connectivity index (χ3v) is 4.28. The van der Waals surface area contributed by atoms with E-state index < -0.39 is 0 Å². The zero-order chi connectivity index (χ0) is 13.9. The van der Waals surface area contributed by atoms with Gasteiger partial charge in [-0.2, -0.15) is 0 Å². The predicted octanol–water partition coefficient (Wildman–Crippen LogP) is 3.04. The molecule has 19 heavy (non-hydrogen) atoms. The van der Waals surface area contributed by atoms with Crippen molar-refractivity contribution >= 4 is 15.9 Å². The summed E-state index contributed by atoms with van der Waals surface area (Å²) in [4.78, 5) is 0. The topological polar surface area (TPSA) is 30.5 Å². The van der Waals surface area contributed by atoms with Crippen molar-refractivity contribution in [2.75, 3.05) is 26.9 Å². The Labute approximate surface area is 121 Å². The molecule has 106 valence electrons. The maximum absolute atomic E-state index is 13.2. The van der Waals surface area contributed by atoms with Crippen LogP contribution in [-0.4, -0.2) is 32.5 Å². The van der Waals surface area contributed by atoms with Gasteiger partial charge in [-0.05, 0) is 40.5 Å². The van der Waals surface area contributed by atoms with Crippen LogP contribution >= 0.6 is 15.9 Å². The average Bonchev–Trinajstić information content (AvgIpc) is 2.89. The van der Waals surface area contributed by atoms with Crippen LogP contribution in [0.2, 0.25) is 0 Å². The fourth-order valence-corrected chi connectivity index (χ4v) is 2.60. The van der Waals surface area contributed by atoms with E-state index in [-0.39, 0.29) is 17.5 Å². The van der Waals surface area contributed by atoms with Crippen molar-refractivity contribution in [2.24, 2.45) is 0 Å². The summed E-state index contributed by atoms with van der Waals surface area (Å²) in [5.74, 6) is -0.242. The second kappa shape index (κ2) is 6.31. The standard InChI is InChI=1S/C14H19BrFNO2/c1-10(11-3-4-13(16)12(15)7-11)17-8-14(18-2)5-6-19-9-14/h3-4,7,10,17H,5-6,8-9H2,1-2H3. The number of rotatable bonds is 5. The van der Waals surface area contributed by atoms with E-state index in [1.54, 1.807) is 19.2 Å². The molecule has 0 saturated carbocycles. The van der Waals surface area contributed by atoms with Crippen molar-refractivity contribution in [2.45, 2.75) is 25.0 Å². The quantitative estimate of drug-likeness (QED) is 0.899. The first-order valence-electron chi connectivity index (χ1n) is 6.37. The van der Waals surface area contributed by atoms with E-state index in [1.807, 2.05) is 0 Å². The highest BCUT2D eigenvalue weighted by molar-refractivity contribution is 9.10. The molecule has 1 fully saturated rings. The van der Waals surface area contributed by atoms with Crippen LogP contribution in [0.4, 0.5) is 4.39 Å². The SMILES string of the molecule is COC1(CNC(C)c2ccc(F)c(Br)c2)CCOC1. The Kier molecular flexibility index (Phi) is 4.95. The van der Waals surface area contributed by atoms with Crippen LogP contribution in [0, 0.1) is 5.82 Å². The molecule has 2 unspecified atom stereocenters. The molecule has 1 aromatic carbocycles. The van der Waals surface area contributed by atoms with Crippen molar-refractivity contribution in [1.29, 1.82) is 0 Å². The van der Waals surface area contributed by atoms with Gasteiger partial charge < -0.3 is 14.8 Å². The van der Waals surface area contributed by atoms with E-state index in [1.165, 1.54) is 6.07 Å². The molecule has 0 aliphatic carbocycles. The van der Waals surface area contributed by atoms with Gasteiger partial charge in [-0.25, -0.2) is 4.39 Å². The fraction of sp³-hybridized carbons (Fsp3) is 0.571. The molecule has 0 aromatic heterocycles. The molecule has 2 atom stereocenters. The van der Waals surface area contributed by atoms with Crippen LogP contribution < -0.4 is 5.32 Å². The van der Waals surface area contributed by atoms with E-state index in [0.29, 0.717) is 11.1 Å². The third kappa shape index (κ3) is 3.54. The van der Waals surface area contributed by atoms with Crippen LogP contribution in [0.1, 0.15) is 24.9 Å². The summed E-state index contributed by atoms with van der Waals surface area (Å²) in [7, 11) is 1.72. The van der Waals surface area contributed by atoms with Crippen molar-refractivity contribution in [3.63, 3.8) is 0 Å². The maximum Gasteiger partial charge on any atom is 0.137 e. The normalized spacial score (nSPS) is 24.6. The Balaban J connectivity index is 1.96. The van der Waals surface area contributed by atoms with Gasteiger partial charge in [0.15, 0.2) is 0 Å². The molecule has 1 aromatic rings. The monoisotopic (exact) mass is 331 g/mol. The van der Waals surface area contributed by atoms with Gasteiger partial charge in [-0.1, -0.05) is 6.07 Å². The molecule has 1 aliphatic heterocycles. The minimum absolute atomic E-state index is 0.129. The summed E-state index contributed by atoms with van der Waals surface area (Å²) in [6.45, 7) is 4.14. The number of hydrogen-bond acceptors (Lipinski definition) is 3. The van der Waals surface area contributed by atoms with Gasteiger partial charge in [0, 0.05) is 32.7 Å².